The third-order valence-corrected chi connectivity index (χ3v) is 3.95. The van der Waals surface area contributed by atoms with Gasteiger partial charge in [0.1, 0.15) is 0 Å². The summed E-state index contributed by atoms with van der Waals surface area (Å²) in [6, 6.07) is 20.0. The molecule has 0 unspecified atom stereocenters. The van der Waals surface area contributed by atoms with E-state index in [0.717, 1.165) is 26.2 Å². The second-order valence-electron chi connectivity index (χ2n) is 5.64. The molecule has 1 atom stereocenters. The monoisotopic (exact) mass is 266 g/mol. The quantitative estimate of drug-likeness (QED) is 0.918. The van der Waals surface area contributed by atoms with Gasteiger partial charge in [-0.2, -0.15) is 0 Å². The largest absolute Gasteiger partial charge is 0.308 e. The second kappa shape index (κ2) is 6.21. The van der Waals surface area contributed by atoms with Gasteiger partial charge in [-0.25, -0.2) is 0 Å². The van der Waals surface area contributed by atoms with Crippen LogP contribution >= 0.6 is 0 Å². The summed E-state index contributed by atoms with van der Waals surface area (Å²) in [5, 5.41) is 3.64. The Hall–Kier alpha value is -1.64. The Kier molecular flexibility index (Phi) is 4.14. The zero-order valence-electron chi connectivity index (χ0n) is 12.0. The average Bonchev–Trinajstić information content (AvgIpc) is 2.49. The minimum Gasteiger partial charge on any atom is -0.308 e. The van der Waals surface area contributed by atoms with Gasteiger partial charge < -0.3 is 5.32 Å². The lowest BCUT2D eigenvalue weighted by molar-refractivity contribution is 0.193. The molecule has 20 heavy (non-hydrogen) atoms. The van der Waals surface area contributed by atoms with Gasteiger partial charge in [0.05, 0.1) is 0 Å². The minimum absolute atomic E-state index is 0.451. The highest BCUT2D eigenvalue weighted by molar-refractivity contribution is 5.26. The summed E-state index contributed by atoms with van der Waals surface area (Å²) in [6.45, 7) is 6.47. The van der Waals surface area contributed by atoms with E-state index in [2.05, 4.69) is 71.7 Å². The zero-order chi connectivity index (χ0) is 13.8. The van der Waals surface area contributed by atoms with E-state index < -0.39 is 0 Å². The Morgan fingerprint density at radius 3 is 2.75 bits per heavy atom. The molecule has 1 aliphatic heterocycles. The van der Waals surface area contributed by atoms with Crippen LogP contribution in [0.15, 0.2) is 54.6 Å². The lowest BCUT2D eigenvalue weighted by atomic mass is 10.0. The maximum Gasteiger partial charge on any atom is 0.0449 e. The summed E-state index contributed by atoms with van der Waals surface area (Å²) >= 11 is 0. The molecule has 1 fully saturated rings. The summed E-state index contributed by atoms with van der Waals surface area (Å²) in [5.41, 5.74) is 4.14. The Balaban J connectivity index is 1.67. The van der Waals surface area contributed by atoms with Crippen molar-refractivity contribution in [3.05, 3.63) is 71.3 Å². The predicted molar refractivity (Wildman–Crippen MR) is 83.6 cm³/mol. The smallest absolute Gasteiger partial charge is 0.0449 e. The van der Waals surface area contributed by atoms with Gasteiger partial charge in [0.25, 0.3) is 0 Å². The van der Waals surface area contributed by atoms with Crippen LogP contribution in [0.3, 0.4) is 0 Å². The molecule has 1 heterocycles. The molecule has 3 rings (SSSR count). The Morgan fingerprint density at radius 2 is 1.95 bits per heavy atom. The van der Waals surface area contributed by atoms with Gasteiger partial charge in [0, 0.05) is 32.2 Å². The van der Waals surface area contributed by atoms with E-state index >= 15 is 0 Å². The number of hydrogen-bond donors (Lipinski definition) is 1. The molecule has 0 amide bonds. The van der Waals surface area contributed by atoms with Crippen molar-refractivity contribution < 1.29 is 0 Å². The third kappa shape index (κ3) is 3.27. The number of aryl methyl sites for hydroxylation is 1. The molecule has 2 aromatic carbocycles. The van der Waals surface area contributed by atoms with Crippen LogP contribution in [0.1, 0.15) is 22.7 Å². The Labute approximate surface area is 121 Å². The molecule has 104 valence electrons. The van der Waals surface area contributed by atoms with Gasteiger partial charge in [0.15, 0.2) is 0 Å². The molecular weight excluding hydrogens is 244 g/mol. The maximum atomic E-state index is 3.64. The third-order valence-electron chi connectivity index (χ3n) is 3.95. The van der Waals surface area contributed by atoms with Gasteiger partial charge in [-0.1, -0.05) is 60.2 Å². The Bertz CT molecular complexity index is 550. The van der Waals surface area contributed by atoms with E-state index in [1.54, 1.807) is 0 Å². The molecule has 0 bridgehead atoms. The van der Waals surface area contributed by atoms with E-state index in [1.807, 2.05) is 0 Å². The highest BCUT2D eigenvalue weighted by Gasteiger charge is 2.20. The molecule has 0 radical (unpaired) electrons. The molecule has 0 spiro atoms. The van der Waals surface area contributed by atoms with Gasteiger partial charge in [-0.05, 0) is 18.1 Å². The van der Waals surface area contributed by atoms with Crippen molar-refractivity contribution in [2.45, 2.75) is 19.5 Å². The van der Waals surface area contributed by atoms with Crippen LogP contribution in [0.25, 0.3) is 0 Å². The summed E-state index contributed by atoms with van der Waals surface area (Å²) in [5.74, 6) is 0. The van der Waals surface area contributed by atoms with Crippen LogP contribution < -0.4 is 5.32 Å². The number of piperazine rings is 1. The normalized spacial score (nSPS) is 19.9. The number of benzene rings is 2. The first-order valence-electron chi connectivity index (χ1n) is 7.37. The maximum absolute atomic E-state index is 3.64. The van der Waals surface area contributed by atoms with Crippen LogP contribution in [0.5, 0.6) is 0 Å². The molecule has 2 nitrogen and oxygen atoms in total. The predicted octanol–water partition coefficient (Wildman–Crippen LogP) is 3.14. The average molecular weight is 266 g/mol. The standard InChI is InChI=1S/C18H22N2/c1-15-6-5-9-17(12-15)18-14-20(11-10-19-18)13-16-7-3-2-4-8-16/h2-9,12,18-19H,10-11,13-14H2,1H3/t18-/m1/s1. The minimum atomic E-state index is 0.451. The number of hydrogen-bond acceptors (Lipinski definition) is 2. The van der Waals surface area contributed by atoms with Crippen molar-refractivity contribution in [2.24, 2.45) is 0 Å². The highest BCUT2D eigenvalue weighted by Crippen LogP contribution is 2.19. The topological polar surface area (TPSA) is 15.3 Å². The number of nitrogens with zero attached hydrogens (tertiary/aromatic N) is 1. The van der Waals surface area contributed by atoms with E-state index in [0.29, 0.717) is 6.04 Å². The highest BCUT2D eigenvalue weighted by atomic mass is 15.2. The van der Waals surface area contributed by atoms with E-state index in [-0.39, 0.29) is 0 Å². The van der Waals surface area contributed by atoms with Gasteiger partial charge >= 0.3 is 0 Å². The summed E-state index contributed by atoms with van der Waals surface area (Å²) in [7, 11) is 0. The molecule has 0 saturated carbocycles. The first-order valence-corrected chi connectivity index (χ1v) is 7.37. The van der Waals surface area contributed by atoms with Crippen molar-refractivity contribution >= 4 is 0 Å². The lowest BCUT2D eigenvalue weighted by Gasteiger charge is -2.34. The molecule has 2 aromatic rings. The van der Waals surface area contributed by atoms with Crippen molar-refractivity contribution in [3.8, 4) is 0 Å². The molecule has 1 N–H and O–H groups in total. The fourth-order valence-corrected chi connectivity index (χ4v) is 2.91. The molecule has 1 saturated heterocycles. The van der Waals surface area contributed by atoms with E-state index in [1.165, 1.54) is 16.7 Å². The fourth-order valence-electron chi connectivity index (χ4n) is 2.91. The molecule has 0 aliphatic carbocycles. The van der Waals surface area contributed by atoms with Crippen LogP contribution in [0.2, 0.25) is 0 Å². The van der Waals surface area contributed by atoms with E-state index in [4.69, 9.17) is 0 Å². The molecule has 0 aromatic heterocycles. The number of rotatable bonds is 3. The second-order valence-corrected chi connectivity index (χ2v) is 5.64. The summed E-state index contributed by atoms with van der Waals surface area (Å²) in [4.78, 5) is 2.54. The first kappa shape index (κ1) is 13.3. The van der Waals surface area contributed by atoms with Gasteiger partial charge in [-0.15, -0.1) is 0 Å². The van der Waals surface area contributed by atoms with Gasteiger partial charge in [-0.3, -0.25) is 4.90 Å². The number of nitrogens with one attached hydrogen (secondary N) is 1. The van der Waals surface area contributed by atoms with Gasteiger partial charge in [0.2, 0.25) is 0 Å². The zero-order valence-corrected chi connectivity index (χ0v) is 12.0. The van der Waals surface area contributed by atoms with Crippen LogP contribution in [-0.4, -0.2) is 24.5 Å². The van der Waals surface area contributed by atoms with E-state index in [9.17, 15) is 0 Å². The van der Waals surface area contributed by atoms with Crippen LogP contribution in [0, 0.1) is 6.92 Å². The van der Waals surface area contributed by atoms with Crippen molar-refractivity contribution in [3.63, 3.8) is 0 Å². The van der Waals surface area contributed by atoms with Crippen molar-refractivity contribution in [2.75, 3.05) is 19.6 Å². The van der Waals surface area contributed by atoms with Crippen molar-refractivity contribution in [1.82, 2.24) is 10.2 Å². The Morgan fingerprint density at radius 1 is 1.10 bits per heavy atom. The van der Waals surface area contributed by atoms with Crippen LogP contribution in [0.4, 0.5) is 0 Å². The summed E-state index contributed by atoms with van der Waals surface area (Å²) in [6.07, 6.45) is 0. The first-order chi connectivity index (χ1) is 9.81. The SMILES string of the molecule is Cc1cccc([C@H]2CN(Cc3ccccc3)CCN2)c1. The molecular formula is C18H22N2. The van der Waals surface area contributed by atoms with Crippen molar-refractivity contribution in [1.29, 1.82) is 0 Å². The molecule has 2 heteroatoms. The molecule has 1 aliphatic rings. The lowest BCUT2D eigenvalue weighted by Crippen LogP contribution is -2.45. The van der Waals surface area contributed by atoms with Crippen LogP contribution in [-0.2, 0) is 6.54 Å². The fraction of sp³-hybridized carbons (Fsp3) is 0.333. The summed E-state index contributed by atoms with van der Waals surface area (Å²) < 4.78 is 0.